The Morgan fingerprint density at radius 2 is 0.709 bits per heavy atom. The third-order valence-electron chi connectivity index (χ3n) is 17.4. The Morgan fingerprint density at radius 3 is 1.16 bits per heavy atom. The number of carbonyl (C=O) groups is 3. The van der Waals surface area contributed by atoms with Crippen LogP contribution in [0.1, 0.15) is 231 Å². The average molecular weight is 1740 g/mol. The molecule has 688 valence electrons. The van der Waals surface area contributed by atoms with Crippen LogP contribution in [0, 0.1) is 27.7 Å². The molecule has 0 amide bonds. The minimum Gasteiger partial charge on any atom is -0.478 e. The molecule has 0 radical (unpaired) electrons. The number of esters is 3. The van der Waals surface area contributed by atoms with E-state index in [0.717, 1.165) is 206 Å². The normalized spacial score (nSPS) is 10.0. The van der Waals surface area contributed by atoms with E-state index < -0.39 is 0 Å². The predicted octanol–water partition coefficient (Wildman–Crippen LogP) is 22.2. The molecule has 0 aliphatic rings. The smallest absolute Gasteiger partial charge is 0.338 e. The van der Waals surface area contributed by atoms with Gasteiger partial charge in [0.2, 0.25) is 5.88 Å². The zero-order valence-electron chi connectivity index (χ0n) is 78.5. The number of ether oxygens (including phenoxy) is 8. The molecule has 0 aliphatic heterocycles. The van der Waals surface area contributed by atoms with Crippen LogP contribution in [-0.2, 0) is 94.1 Å². The van der Waals surface area contributed by atoms with Crippen molar-refractivity contribution < 1.29 is 52.3 Å². The van der Waals surface area contributed by atoms with Crippen molar-refractivity contribution in [3.05, 3.63) is 324 Å². The van der Waals surface area contributed by atoms with Crippen molar-refractivity contribution in [3.8, 4) is 5.88 Å². The number of aromatic nitrogens is 11. The fourth-order valence-corrected chi connectivity index (χ4v) is 10.8. The van der Waals surface area contributed by atoms with Crippen molar-refractivity contribution in [1.82, 2.24) is 54.8 Å². The Labute approximate surface area is 760 Å². The molecule has 0 fully saturated rings. The minimum absolute atomic E-state index is 0.221. The van der Waals surface area contributed by atoms with Crippen molar-refractivity contribution >= 4 is 17.9 Å². The largest absolute Gasteiger partial charge is 0.478 e. The van der Waals surface area contributed by atoms with Crippen LogP contribution in [0.4, 0.5) is 0 Å². The number of pyridine rings is 9. The first-order chi connectivity index (χ1) is 62.0. The second-order valence-electron chi connectivity index (χ2n) is 29.4. The van der Waals surface area contributed by atoms with Crippen molar-refractivity contribution in [3.63, 3.8) is 0 Å². The van der Waals surface area contributed by atoms with Crippen LogP contribution in [0.15, 0.2) is 250 Å². The lowest BCUT2D eigenvalue weighted by molar-refractivity contribution is -0.141. The van der Waals surface area contributed by atoms with Gasteiger partial charge in [0.05, 0.1) is 51.3 Å². The summed E-state index contributed by atoms with van der Waals surface area (Å²) < 4.78 is 41.7. The van der Waals surface area contributed by atoms with Gasteiger partial charge in [-0.25, -0.2) is 19.7 Å². The predicted molar refractivity (Wildman–Crippen MR) is 511 cm³/mol. The van der Waals surface area contributed by atoms with Crippen molar-refractivity contribution in [2.45, 2.75) is 237 Å². The maximum Gasteiger partial charge on any atom is 0.338 e. The van der Waals surface area contributed by atoms with Gasteiger partial charge in [0.15, 0.2) is 0 Å². The molecule has 0 aliphatic carbocycles. The van der Waals surface area contributed by atoms with E-state index in [-0.39, 0.29) is 17.9 Å². The van der Waals surface area contributed by atoms with Gasteiger partial charge >= 0.3 is 17.9 Å². The van der Waals surface area contributed by atoms with Gasteiger partial charge in [-0.3, -0.25) is 49.5 Å². The van der Waals surface area contributed by atoms with Crippen LogP contribution >= 0.6 is 0 Å². The summed E-state index contributed by atoms with van der Waals surface area (Å²) in [6.45, 7) is 33.5. The molecule has 11 aromatic rings. The summed E-state index contributed by atoms with van der Waals surface area (Å²) >= 11 is 0. The zero-order valence-corrected chi connectivity index (χ0v) is 78.5. The van der Waals surface area contributed by atoms with Gasteiger partial charge in [0.1, 0.15) is 5.82 Å². The van der Waals surface area contributed by atoms with E-state index in [9.17, 15) is 14.4 Å². The molecule has 0 spiro atoms. The molecule has 10 heterocycles. The molecule has 22 heteroatoms. The summed E-state index contributed by atoms with van der Waals surface area (Å²) in [5.41, 5.74) is 12.5. The summed E-state index contributed by atoms with van der Waals surface area (Å²) in [5.74, 6) is 0.993. The highest BCUT2D eigenvalue weighted by Gasteiger charge is 2.07. The van der Waals surface area contributed by atoms with Crippen LogP contribution in [0.25, 0.3) is 0 Å². The molecule has 127 heavy (non-hydrogen) atoms. The molecule has 0 N–H and O–H groups in total. The van der Waals surface area contributed by atoms with Crippen molar-refractivity contribution in [2.75, 3.05) is 72.7 Å². The van der Waals surface area contributed by atoms with E-state index >= 15 is 0 Å². The van der Waals surface area contributed by atoms with Gasteiger partial charge in [0, 0.05) is 191 Å². The average Bonchev–Trinajstić information content (AvgIpc) is 0.920. The van der Waals surface area contributed by atoms with Gasteiger partial charge in [-0.05, 0) is 252 Å². The quantitative estimate of drug-likeness (QED) is 0.0195. The molecule has 10 aromatic heterocycles. The van der Waals surface area contributed by atoms with Gasteiger partial charge in [-0.15, -0.1) is 0 Å². The van der Waals surface area contributed by atoms with Gasteiger partial charge in [-0.1, -0.05) is 133 Å². The van der Waals surface area contributed by atoms with Crippen LogP contribution < -0.4 is 4.74 Å². The maximum absolute atomic E-state index is 11.7. The number of nitrogens with zero attached hydrogens (tertiary/aromatic N) is 11. The first-order valence-corrected chi connectivity index (χ1v) is 45.3. The highest BCUT2D eigenvalue weighted by Crippen LogP contribution is 2.11. The molecule has 0 bridgehead atoms. The molecule has 22 nitrogen and oxygen atoms in total. The summed E-state index contributed by atoms with van der Waals surface area (Å²) in [6.07, 6.45) is 39.7. The Morgan fingerprint density at radius 1 is 0.299 bits per heavy atom. The van der Waals surface area contributed by atoms with E-state index in [1.807, 2.05) is 243 Å². The fourth-order valence-electron chi connectivity index (χ4n) is 10.8. The number of hydrogen-bond donors (Lipinski definition) is 0. The number of carbonyl (C=O) groups excluding carboxylic acids is 3. The van der Waals surface area contributed by atoms with Crippen molar-refractivity contribution in [2.24, 2.45) is 0 Å². The minimum atomic E-state index is -0.266. The molecule has 1 aromatic carbocycles. The second-order valence-corrected chi connectivity index (χ2v) is 29.4. The van der Waals surface area contributed by atoms with E-state index in [2.05, 4.69) is 101 Å². The third kappa shape index (κ3) is 69.6. The molecule has 0 atom stereocenters. The Balaban J connectivity index is 0.000000481. The molecular weight excluding hydrogens is 1590 g/mol. The molecular formula is C105H147N11O11. The number of aryl methyl sites for hydroxylation is 9. The molecule has 11 rings (SSSR count). The highest BCUT2D eigenvalue weighted by molar-refractivity contribution is 5.89. The van der Waals surface area contributed by atoms with Crippen LogP contribution in [0.2, 0.25) is 0 Å². The van der Waals surface area contributed by atoms with Crippen LogP contribution in [-0.4, -0.2) is 152 Å². The number of unbranched alkanes of at least 4 members (excludes halogenated alkanes) is 6. The van der Waals surface area contributed by atoms with E-state index in [1.54, 1.807) is 36.9 Å². The summed E-state index contributed by atoms with van der Waals surface area (Å²) in [5, 5.41) is 0. The molecule has 0 saturated carbocycles. The summed E-state index contributed by atoms with van der Waals surface area (Å²) in [6, 6.07) is 62.2. The van der Waals surface area contributed by atoms with Gasteiger partial charge < -0.3 is 37.9 Å². The second kappa shape index (κ2) is 80.5. The third-order valence-corrected chi connectivity index (χ3v) is 17.4. The van der Waals surface area contributed by atoms with Gasteiger partial charge in [-0.2, -0.15) is 0 Å². The van der Waals surface area contributed by atoms with Crippen molar-refractivity contribution in [1.29, 1.82) is 0 Å². The van der Waals surface area contributed by atoms with Crippen LogP contribution in [0.5, 0.6) is 5.88 Å². The Bertz CT molecular complexity index is 4310. The van der Waals surface area contributed by atoms with E-state index in [0.29, 0.717) is 37.9 Å². The van der Waals surface area contributed by atoms with Crippen LogP contribution in [0.3, 0.4) is 0 Å². The number of hydrogen-bond acceptors (Lipinski definition) is 22. The summed E-state index contributed by atoms with van der Waals surface area (Å²) in [4.78, 5) is 78.6. The Hall–Kier alpha value is -11.3. The highest BCUT2D eigenvalue weighted by atomic mass is 16.5. The summed E-state index contributed by atoms with van der Waals surface area (Å²) in [7, 11) is 0. The standard InChI is InChI=1S/C16H17NO2.C12H19NO.C11H18N2.C11H17NO.C10H13NO2.3C10H15NO.C9H11NO2.C6H7N/c1-13-7-5-10-15(17-13)11-6-12-19-16(18)14-8-3-2-4-9-14;1-2-3-10-14-11-6-8-12-7-4-5-9-13-12;1-2-3-4-5-6-8-11-12-9-7-10-13-11;1-3-13-9-5-8-11-7-4-6-10(2)12-11;1-9(12)13-8-4-6-10-5-2-3-7-11-10;1-9(2)12-8-6-10-5-3-4-7-11-10;1-3-4-7-12-10-8-9(2)5-6-11-10;1-2-8-12-9-6-10-5-3-4-7-11-10;1-8(11)12-7-5-9-4-2-3-6-10-9;1-6-4-2-3-5-7-6/h2-5,7-10H,6,11-12H2,1H3;4-5,7,9H,2-3,6,8,10-11H2,1H3;7,9-10H,2-6,8H2,1H3;4,6-7H,3,5,8-9H2,1-2H3;2-3,5,7H,4,6,8H2,1H3;3-5,7,9H,6,8H2,1-2H3;5-6,8H,3-4,7H2,1-2H3;3-5,7H,2,6,8-9H2,1H3;2-4,6H,5,7H2,1H3;2-5H,1H3. The SMILES string of the molecule is CC(=O)OCCCc1ccccn1.CC(=O)OCCc1ccccn1.CC(C)OCCc1ccccn1.CCCCCCCc1ncccn1.CCCCOCCCc1ccccn1.CCCCOc1cc(C)ccn1.CCCOCCc1ccccn1.CCOCCCc1cccc(C)n1.Cc1cccc(CCCOC(=O)c2ccccc2)n1.Cc1ccccn1. The lowest BCUT2D eigenvalue weighted by Crippen LogP contribution is -2.07. The van der Waals surface area contributed by atoms with E-state index in [4.69, 9.17) is 37.9 Å². The molecule has 0 unspecified atom stereocenters. The number of rotatable bonds is 43. The fraction of sp³-hybridized carbons (Fsp3) is 0.448. The van der Waals surface area contributed by atoms with Gasteiger partial charge in [0.25, 0.3) is 0 Å². The molecule has 0 saturated heterocycles. The number of benzene rings is 1. The maximum atomic E-state index is 11.7. The first kappa shape index (κ1) is 112. The monoisotopic (exact) mass is 1740 g/mol. The lowest BCUT2D eigenvalue weighted by atomic mass is 10.1. The van der Waals surface area contributed by atoms with E-state index in [1.165, 1.54) is 70.1 Å². The zero-order chi connectivity index (χ0) is 92.2. The first-order valence-electron chi connectivity index (χ1n) is 45.3. The Kier molecular flexibility index (Phi) is 70.9. The lowest BCUT2D eigenvalue weighted by Gasteiger charge is -2.06. The topological polar surface area (TPSA) is 267 Å².